The summed E-state index contributed by atoms with van der Waals surface area (Å²) in [6.07, 6.45) is 3.56. The largest absolute Gasteiger partial charge is 0.506 e. The van der Waals surface area contributed by atoms with Gasteiger partial charge in [0.15, 0.2) is 0 Å². The first kappa shape index (κ1) is 13.0. The Morgan fingerprint density at radius 2 is 1.94 bits per heavy atom. The molecule has 0 spiro atoms. The van der Waals surface area contributed by atoms with Crippen molar-refractivity contribution in [1.82, 2.24) is 9.80 Å². The SMILES string of the molecule is C=C(CN1CCN2CCCCC2C1)[B-](F)(F)F. The van der Waals surface area contributed by atoms with Crippen molar-refractivity contribution >= 4 is 6.98 Å². The molecule has 1 atom stereocenters. The normalized spacial score (nSPS) is 27.8. The van der Waals surface area contributed by atoms with Gasteiger partial charge < -0.3 is 12.9 Å². The van der Waals surface area contributed by atoms with Crippen LogP contribution in [0.25, 0.3) is 0 Å². The summed E-state index contributed by atoms with van der Waals surface area (Å²) < 4.78 is 37.4. The molecule has 98 valence electrons. The summed E-state index contributed by atoms with van der Waals surface area (Å²) in [4.78, 5) is 4.32. The van der Waals surface area contributed by atoms with Gasteiger partial charge in [-0.1, -0.05) is 6.42 Å². The molecule has 2 aliphatic rings. The highest BCUT2D eigenvalue weighted by molar-refractivity contribution is 6.66. The summed E-state index contributed by atoms with van der Waals surface area (Å²) in [6, 6.07) is 0.464. The van der Waals surface area contributed by atoms with Crippen LogP contribution in [0.5, 0.6) is 0 Å². The Morgan fingerprint density at radius 3 is 2.65 bits per heavy atom. The zero-order valence-corrected chi connectivity index (χ0v) is 10.0. The third-order valence-electron chi connectivity index (χ3n) is 3.81. The van der Waals surface area contributed by atoms with Crippen LogP contribution < -0.4 is 0 Å². The van der Waals surface area contributed by atoms with Crippen LogP contribution in [0.4, 0.5) is 12.9 Å². The van der Waals surface area contributed by atoms with Gasteiger partial charge in [-0.25, -0.2) is 0 Å². The average Bonchev–Trinajstić information content (AvgIpc) is 2.27. The second-order valence-corrected chi connectivity index (χ2v) is 5.15. The summed E-state index contributed by atoms with van der Waals surface area (Å²) in [6.45, 7) is 1.82. The van der Waals surface area contributed by atoms with Gasteiger partial charge in [-0.05, 0) is 25.9 Å². The van der Waals surface area contributed by atoms with Crippen molar-refractivity contribution in [2.45, 2.75) is 25.3 Å². The van der Waals surface area contributed by atoms with Crippen LogP contribution in [0.15, 0.2) is 12.1 Å². The fourth-order valence-electron chi connectivity index (χ4n) is 2.75. The fourth-order valence-corrected chi connectivity index (χ4v) is 2.75. The lowest BCUT2D eigenvalue weighted by molar-refractivity contribution is 0.0542. The van der Waals surface area contributed by atoms with Crippen molar-refractivity contribution in [3.63, 3.8) is 0 Å². The number of hydrogen-bond donors (Lipinski definition) is 0. The number of hydrogen-bond acceptors (Lipinski definition) is 2. The van der Waals surface area contributed by atoms with E-state index >= 15 is 0 Å². The molecule has 17 heavy (non-hydrogen) atoms. The molecule has 0 bridgehead atoms. The van der Waals surface area contributed by atoms with Crippen LogP contribution in [-0.4, -0.2) is 55.5 Å². The molecular weight excluding hydrogens is 228 g/mol. The summed E-state index contributed by atoms with van der Waals surface area (Å²) in [5.41, 5.74) is -0.561. The number of halogens is 3. The van der Waals surface area contributed by atoms with Crippen LogP contribution in [0.2, 0.25) is 0 Å². The molecule has 0 radical (unpaired) electrons. The quantitative estimate of drug-likeness (QED) is 0.704. The molecule has 0 N–H and O–H groups in total. The molecule has 0 aromatic heterocycles. The van der Waals surface area contributed by atoms with Gasteiger partial charge >= 0.3 is 6.98 Å². The second kappa shape index (κ2) is 5.02. The van der Waals surface area contributed by atoms with Crippen molar-refractivity contribution in [2.24, 2.45) is 0 Å². The zero-order chi connectivity index (χ0) is 12.5. The van der Waals surface area contributed by atoms with Gasteiger partial charge in [0.25, 0.3) is 0 Å². The van der Waals surface area contributed by atoms with Crippen LogP contribution >= 0.6 is 0 Å². The van der Waals surface area contributed by atoms with E-state index in [-0.39, 0.29) is 6.54 Å². The zero-order valence-electron chi connectivity index (χ0n) is 10.0. The number of rotatable bonds is 3. The van der Waals surface area contributed by atoms with Crippen LogP contribution in [0, 0.1) is 0 Å². The van der Waals surface area contributed by atoms with Gasteiger partial charge in [0.05, 0.1) is 0 Å². The lowest BCUT2D eigenvalue weighted by Crippen LogP contribution is -2.55. The minimum absolute atomic E-state index is 0.00611. The molecule has 0 aliphatic carbocycles. The molecule has 0 saturated carbocycles. The maximum atomic E-state index is 12.5. The Balaban J connectivity index is 1.86. The minimum Gasteiger partial charge on any atom is -0.445 e. The van der Waals surface area contributed by atoms with E-state index in [1.165, 1.54) is 12.8 Å². The van der Waals surface area contributed by atoms with Crippen molar-refractivity contribution < 1.29 is 12.9 Å². The van der Waals surface area contributed by atoms with Gasteiger partial charge in [-0.2, -0.15) is 0 Å². The van der Waals surface area contributed by atoms with E-state index in [1.807, 2.05) is 4.90 Å². The third kappa shape index (κ3) is 3.25. The first-order valence-corrected chi connectivity index (χ1v) is 6.31. The van der Waals surface area contributed by atoms with Crippen molar-refractivity contribution in [2.75, 3.05) is 32.7 Å². The Kier molecular flexibility index (Phi) is 3.83. The molecule has 6 heteroatoms. The molecule has 2 rings (SSSR count). The first-order valence-electron chi connectivity index (χ1n) is 6.31. The van der Waals surface area contributed by atoms with Gasteiger partial charge in [-0.3, -0.25) is 9.80 Å². The van der Waals surface area contributed by atoms with Crippen molar-refractivity contribution in [1.29, 1.82) is 0 Å². The van der Waals surface area contributed by atoms with E-state index in [4.69, 9.17) is 0 Å². The van der Waals surface area contributed by atoms with E-state index in [1.54, 1.807) is 0 Å². The number of nitrogens with zero attached hydrogens (tertiary/aromatic N) is 2. The Morgan fingerprint density at radius 1 is 1.18 bits per heavy atom. The van der Waals surface area contributed by atoms with Gasteiger partial charge in [0, 0.05) is 25.7 Å². The van der Waals surface area contributed by atoms with E-state index in [9.17, 15) is 12.9 Å². The maximum absolute atomic E-state index is 12.5. The predicted octanol–water partition coefficient (Wildman–Crippen LogP) is 2.10. The maximum Gasteiger partial charge on any atom is 0.506 e. The molecule has 2 heterocycles. The monoisotopic (exact) mass is 247 g/mol. The predicted molar refractivity (Wildman–Crippen MR) is 63.9 cm³/mol. The summed E-state index contributed by atoms with van der Waals surface area (Å²) >= 11 is 0. The highest BCUT2D eigenvalue weighted by atomic mass is 19.4. The summed E-state index contributed by atoms with van der Waals surface area (Å²) in [5, 5.41) is 0. The topological polar surface area (TPSA) is 6.48 Å². The van der Waals surface area contributed by atoms with E-state index in [0.29, 0.717) is 6.04 Å². The molecule has 0 aromatic rings. The fraction of sp³-hybridized carbons (Fsp3) is 0.818. The average molecular weight is 247 g/mol. The van der Waals surface area contributed by atoms with Crippen LogP contribution in [-0.2, 0) is 0 Å². The first-order chi connectivity index (χ1) is 7.97. The molecule has 0 amide bonds. The number of piperazine rings is 1. The summed E-state index contributed by atoms with van der Waals surface area (Å²) in [7, 11) is 0. The highest BCUT2D eigenvalue weighted by Gasteiger charge is 2.32. The third-order valence-corrected chi connectivity index (χ3v) is 3.81. The van der Waals surface area contributed by atoms with Gasteiger partial charge in [0.1, 0.15) is 0 Å². The molecule has 0 aromatic carbocycles. The highest BCUT2D eigenvalue weighted by Crippen LogP contribution is 2.24. The number of piperidine rings is 1. The molecule has 2 aliphatic heterocycles. The van der Waals surface area contributed by atoms with Crippen molar-refractivity contribution in [3.8, 4) is 0 Å². The number of fused-ring (bicyclic) bond motifs is 1. The lowest BCUT2D eigenvalue weighted by Gasteiger charge is -2.44. The summed E-state index contributed by atoms with van der Waals surface area (Å²) in [5.74, 6) is 0. The van der Waals surface area contributed by atoms with E-state index < -0.39 is 12.4 Å². The minimum atomic E-state index is -4.87. The van der Waals surface area contributed by atoms with Crippen LogP contribution in [0.3, 0.4) is 0 Å². The van der Waals surface area contributed by atoms with Crippen molar-refractivity contribution in [3.05, 3.63) is 12.1 Å². The molecule has 1 unspecified atom stereocenters. The van der Waals surface area contributed by atoms with Gasteiger partial charge in [0.2, 0.25) is 0 Å². The Labute approximate surface area is 101 Å². The van der Waals surface area contributed by atoms with Crippen LogP contribution in [0.1, 0.15) is 19.3 Å². The smallest absolute Gasteiger partial charge is 0.445 e. The van der Waals surface area contributed by atoms with E-state index in [0.717, 1.165) is 32.6 Å². The Bertz CT molecular complexity index is 293. The second-order valence-electron chi connectivity index (χ2n) is 5.15. The molecule has 2 nitrogen and oxygen atoms in total. The molecule has 2 saturated heterocycles. The van der Waals surface area contributed by atoms with Gasteiger partial charge in [-0.15, -0.1) is 12.1 Å². The van der Waals surface area contributed by atoms with E-state index in [2.05, 4.69) is 11.5 Å². The Hall–Kier alpha value is -0.485. The molecule has 2 fully saturated rings. The lowest BCUT2D eigenvalue weighted by atomic mass is 9.80. The standard InChI is InChI=1S/C11H19BF3N2/c1-10(12(13,14)15)8-16-6-7-17-5-3-2-4-11(17)9-16/h11H,1-9H2/q-1. The molecular formula is C11H19BF3N2-.